The van der Waals surface area contributed by atoms with Gasteiger partial charge in [-0.2, -0.15) is 0 Å². The number of hydrogen-bond acceptors (Lipinski definition) is 5. The minimum atomic E-state index is 0.0297. The normalized spacial score (nSPS) is 10.5. The zero-order valence-electron chi connectivity index (χ0n) is 15.3. The molecule has 1 heterocycles. The number of ketones is 1. The van der Waals surface area contributed by atoms with Gasteiger partial charge >= 0.3 is 0 Å². The lowest BCUT2D eigenvalue weighted by atomic mass is 10.1. The molecular formula is C21H21ClN4O. The van der Waals surface area contributed by atoms with Crippen molar-refractivity contribution in [2.24, 2.45) is 0 Å². The van der Waals surface area contributed by atoms with Crippen molar-refractivity contribution in [2.45, 2.75) is 20.3 Å². The number of Topliss-reactive ketones (excluding diaryl/α,β-unsaturated/α-hetero) is 1. The van der Waals surface area contributed by atoms with E-state index in [9.17, 15) is 4.79 Å². The second-order valence-corrected chi connectivity index (χ2v) is 6.69. The van der Waals surface area contributed by atoms with Gasteiger partial charge < -0.3 is 10.6 Å². The van der Waals surface area contributed by atoms with Crippen LogP contribution in [0.1, 0.15) is 28.7 Å². The highest BCUT2D eigenvalue weighted by atomic mass is 35.5. The molecule has 0 aliphatic rings. The molecule has 0 saturated heterocycles. The molecule has 1 aromatic heterocycles. The summed E-state index contributed by atoms with van der Waals surface area (Å²) in [5.41, 5.74) is 2.68. The number of halogens is 1. The maximum Gasteiger partial charge on any atom is 0.159 e. The first-order chi connectivity index (χ1) is 13.0. The second kappa shape index (κ2) is 8.64. The Bertz CT molecular complexity index is 941. The van der Waals surface area contributed by atoms with Crippen molar-refractivity contribution in [1.82, 2.24) is 9.97 Å². The summed E-state index contributed by atoms with van der Waals surface area (Å²) in [6, 6.07) is 17.0. The lowest BCUT2D eigenvalue weighted by Crippen LogP contribution is -2.08. The Morgan fingerprint density at radius 2 is 1.78 bits per heavy atom. The van der Waals surface area contributed by atoms with Crippen LogP contribution in [0.2, 0.25) is 5.02 Å². The Morgan fingerprint density at radius 3 is 2.52 bits per heavy atom. The van der Waals surface area contributed by atoms with Gasteiger partial charge in [-0.1, -0.05) is 35.9 Å². The first kappa shape index (κ1) is 18.9. The molecule has 0 bridgehead atoms. The zero-order chi connectivity index (χ0) is 19.2. The number of aryl methyl sites for hydroxylation is 1. The van der Waals surface area contributed by atoms with Crippen LogP contribution in [0.3, 0.4) is 0 Å². The van der Waals surface area contributed by atoms with Crippen molar-refractivity contribution < 1.29 is 4.79 Å². The smallest absolute Gasteiger partial charge is 0.159 e. The molecule has 3 aromatic rings. The van der Waals surface area contributed by atoms with Crippen molar-refractivity contribution in [2.75, 3.05) is 17.2 Å². The fourth-order valence-electron chi connectivity index (χ4n) is 2.67. The van der Waals surface area contributed by atoms with E-state index in [0.717, 1.165) is 29.5 Å². The van der Waals surface area contributed by atoms with Crippen molar-refractivity contribution in [3.05, 3.63) is 76.6 Å². The van der Waals surface area contributed by atoms with E-state index in [1.807, 2.05) is 55.5 Å². The third-order valence-electron chi connectivity index (χ3n) is 4.01. The quantitative estimate of drug-likeness (QED) is 0.562. The van der Waals surface area contributed by atoms with Crippen LogP contribution in [0.25, 0.3) is 0 Å². The summed E-state index contributed by atoms with van der Waals surface area (Å²) in [6.07, 6.45) is 0.865. The summed E-state index contributed by atoms with van der Waals surface area (Å²) >= 11 is 5.91. The van der Waals surface area contributed by atoms with Crippen LogP contribution in [-0.4, -0.2) is 22.3 Å². The van der Waals surface area contributed by atoms with E-state index in [1.165, 1.54) is 5.56 Å². The Balaban J connectivity index is 1.66. The van der Waals surface area contributed by atoms with Crippen LogP contribution < -0.4 is 10.6 Å². The third-order valence-corrected chi connectivity index (χ3v) is 4.26. The van der Waals surface area contributed by atoms with Crippen molar-refractivity contribution in [1.29, 1.82) is 0 Å². The molecule has 0 fully saturated rings. The fraction of sp³-hybridized carbons (Fsp3) is 0.190. The van der Waals surface area contributed by atoms with Gasteiger partial charge in [0.25, 0.3) is 0 Å². The van der Waals surface area contributed by atoms with Gasteiger partial charge in [0.1, 0.15) is 17.5 Å². The second-order valence-electron chi connectivity index (χ2n) is 6.25. The maximum atomic E-state index is 11.5. The molecule has 2 aromatic carbocycles. The SMILES string of the molecule is CC(=O)c1cccc(Nc2cc(NCCc3ccc(Cl)cc3)nc(C)n2)c1. The summed E-state index contributed by atoms with van der Waals surface area (Å²) in [5, 5.41) is 7.30. The zero-order valence-corrected chi connectivity index (χ0v) is 16.0. The summed E-state index contributed by atoms with van der Waals surface area (Å²) in [4.78, 5) is 20.4. The number of rotatable bonds is 7. The van der Waals surface area contributed by atoms with Crippen molar-refractivity contribution in [3.63, 3.8) is 0 Å². The number of aromatic nitrogens is 2. The predicted octanol–water partition coefficient (Wildman–Crippen LogP) is 5.04. The number of nitrogens with one attached hydrogen (secondary N) is 2. The number of hydrogen-bond donors (Lipinski definition) is 2. The molecule has 2 N–H and O–H groups in total. The maximum absolute atomic E-state index is 11.5. The first-order valence-electron chi connectivity index (χ1n) is 8.71. The summed E-state index contributed by atoms with van der Waals surface area (Å²) in [5.74, 6) is 2.12. The van der Waals surface area contributed by atoms with Gasteiger partial charge in [-0.25, -0.2) is 9.97 Å². The first-order valence-corrected chi connectivity index (χ1v) is 9.09. The van der Waals surface area contributed by atoms with Gasteiger partial charge in [0.2, 0.25) is 0 Å². The van der Waals surface area contributed by atoms with Gasteiger partial charge in [-0.15, -0.1) is 0 Å². The number of nitrogens with zero attached hydrogens (tertiary/aromatic N) is 2. The lowest BCUT2D eigenvalue weighted by molar-refractivity contribution is 0.101. The van der Waals surface area contributed by atoms with Crippen LogP contribution in [0, 0.1) is 6.92 Å². The van der Waals surface area contributed by atoms with Crippen molar-refractivity contribution >= 4 is 34.7 Å². The highest BCUT2D eigenvalue weighted by Gasteiger charge is 2.05. The Hall–Kier alpha value is -2.92. The molecule has 138 valence electrons. The van der Waals surface area contributed by atoms with Crippen LogP contribution in [0.15, 0.2) is 54.6 Å². The number of anilines is 3. The minimum Gasteiger partial charge on any atom is -0.370 e. The fourth-order valence-corrected chi connectivity index (χ4v) is 2.80. The van der Waals surface area contributed by atoms with Crippen LogP contribution in [0.5, 0.6) is 0 Å². The van der Waals surface area contributed by atoms with E-state index in [0.29, 0.717) is 17.2 Å². The van der Waals surface area contributed by atoms with Crippen molar-refractivity contribution in [3.8, 4) is 0 Å². The molecule has 0 spiro atoms. The van der Waals surface area contributed by atoms with E-state index in [2.05, 4.69) is 20.6 Å². The minimum absolute atomic E-state index is 0.0297. The summed E-state index contributed by atoms with van der Waals surface area (Å²) in [6.45, 7) is 4.15. The van der Waals surface area contributed by atoms with Crippen LogP contribution >= 0.6 is 11.6 Å². The Kier molecular flexibility index (Phi) is 6.04. The van der Waals surface area contributed by atoms with Gasteiger partial charge in [0, 0.05) is 28.9 Å². The largest absolute Gasteiger partial charge is 0.370 e. The van der Waals surface area contributed by atoms with E-state index < -0.39 is 0 Å². The molecule has 0 amide bonds. The molecule has 0 aliphatic heterocycles. The van der Waals surface area contributed by atoms with Gasteiger partial charge in [-0.3, -0.25) is 4.79 Å². The molecule has 0 atom stereocenters. The molecule has 0 saturated carbocycles. The molecule has 0 radical (unpaired) electrons. The Morgan fingerprint density at radius 1 is 1.04 bits per heavy atom. The van der Waals surface area contributed by atoms with Gasteiger partial charge in [0.05, 0.1) is 0 Å². The average molecular weight is 381 g/mol. The van der Waals surface area contributed by atoms with Crippen LogP contribution in [0.4, 0.5) is 17.3 Å². The van der Waals surface area contributed by atoms with Gasteiger partial charge in [-0.05, 0) is 50.1 Å². The highest BCUT2D eigenvalue weighted by molar-refractivity contribution is 6.30. The standard InChI is InChI=1S/C21H21ClN4O/c1-14(27)17-4-3-5-19(12-17)26-21-13-20(24-15(2)25-21)23-11-10-16-6-8-18(22)9-7-16/h3-9,12-13H,10-11H2,1-2H3,(H2,23,24,25,26). The van der Waals surface area contributed by atoms with Crippen LogP contribution in [-0.2, 0) is 6.42 Å². The van der Waals surface area contributed by atoms with Gasteiger partial charge in [0.15, 0.2) is 5.78 Å². The average Bonchev–Trinajstić information content (AvgIpc) is 2.63. The third kappa shape index (κ3) is 5.53. The van der Waals surface area contributed by atoms with E-state index in [-0.39, 0.29) is 5.78 Å². The number of carbonyl (C=O) groups excluding carboxylic acids is 1. The topological polar surface area (TPSA) is 66.9 Å². The summed E-state index contributed by atoms with van der Waals surface area (Å²) in [7, 11) is 0. The molecule has 0 aliphatic carbocycles. The molecule has 0 unspecified atom stereocenters. The predicted molar refractivity (Wildman–Crippen MR) is 110 cm³/mol. The summed E-state index contributed by atoms with van der Waals surface area (Å²) < 4.78 is 0. The number of benzene rings is 2. The molecule has 5 nitrogen and oxygen atoms in total. The molecule has 6 heteroatoms. The monoisotopic (exact) mass is 380 g/mol. The molecular weight excluding hydrogens is 360 g/mol. The molecule has 27 heavy (non-hydrogen) atoms. The highest BCUT2D eigenvalue weighted by Crippen LogP contribution is 2.19. The van der Waals surface area contributed by atoms with E-state index >= 15 is 0 Å². The lowest BCUT2D eigenvalue weighted by Gasteiger charge is -2.11. The molecule has 3 rings (SSSR count). The van der Waals surface area contributed by atoms with E-state index in [4.69, 9.17) is 11.6 Å². The number of carbonyl (C=O) groups is 1. The van der Waals surface area contributed by atoms with E-state index in [1.54, 1.807) is 13.0 Å². The Labute approximate surface area is 163 Å².